The third kappa shape index (κ3) is 4.31. The number of amides is 2. The van der Waals surface area contributed by atoms with Crippen molar-refractivity contribution >= 4 is 11.8 Å². The standard InChI is InChI=1S/C25H22N4O4/c1-17-23(18-7-5-4-6-8-18)26-27-29(17)28(24(30)19-9-13-21(32-2)14-10-19)25(31)20-11-15-22(33-3)16-12-20/h4-16H,1-3H3. The molecular formula is C25H22N4O4. The minimum Gasteiger partial charge on any atom is -0.497 e. The van der Waals surface area contributed by atoms with Gasteiger partial charge in [0.2, 0.25) is 0 Å². The van der Waals surface area contributed by atoms with E-state index in [-0.39, 0.29) is 0 Å². The molecule has 33 heavy (non-hydrogen) atoms. The maximum atomic E-state index is 13.5. The second-order valence-electron chi connectivity index (χ2n) is 7.16. The van der Waals surface area contributed by atoms with E-state index in [1.807, 2.05) is 30.3 Å². The van der Waals surface area contributed by atoms with Crippen LogP contribution in [0.4, 0.5) is 0 Å². The number of nitrogens with zero attached hydrogens (tertiary/aromatic N) is 4. The van der Waals surface area contributed by atoms with E-state index in [1.165, 1.54) is 4.79 Å². The van der Waals surface area contributed by atoms with Crippen molar-refractivity contribution < 1.29 is 19.1 Å². The summed E-state index contributed by atoms with van der Waals surface area (Å²) in [6.45, 7) is 1.76. The Morgan fingerprint density at radius 1 is 0.758 bits per heavy atom. The lowest BCUT2D eigenvalue weighted by atomic mass is 10.1. The lowest BCUT2D eigenvalue weighted by Crippen LogP contribution is -2.46. The van der Waals surface area contributed by atoms with Crippen molar-refractivity contribution in [2.24, 2.45) is 0 Å². The van der Waals surface area contributed by atoms with Gasteiger partial charge < -0.3 is 9.47 Å². The molecule has 0 fully saturated rings. The Morgan fingerprint density at radius 3 is 1.70 bits per heavy atom. The van der Waals surface area contributed by atoms with Gasteiger partial charge in [-0.1, -0.05) is 30.3 Å². The average Bonchev–Trinajstić information content (AvgIpc) is 3.25. The SMILES string of the molecule is COc1ccc(C(=O)N(C(=O)c2ccc(OC)cc2)n2nnc(-c3ccccc3)c2C)cc1. The Labute approximate surface area is 191 Å². The highest BCUT2D eigenvalue weighted by molar-refractivity contribution is 6.21. The molecule has 0 atom stereocenters. The summed E-state index contributed by atoms with van der Waals surface area (Å²) in [6, 6.07) is 22.5. The number of rotatable bonds is 6. The van der Waals surface area contributed by atoms with Crippen LogP contribution in [-0.4, -0.2) is 41.1 Å². The molecule has 1 heterocycles. The van der Waals surface area contributed by atoms with E-state index in [0.717, 1.165) is 10.6 Å². The Hall–Kier alpha value is -4.46. The molecular weight excluding hydrogens is 420 g/mol. The molecule has 4 rings (SSSR count). The molecule has 4 aromatic rings. The van der Waals surface area contributed by atoms with Crippen molar-refractivity contribution in [2.75, 3.05) is 19.2 Å². The molecule has 3 aromatic carbocycles. The van der Waals surface area contributed by atoms with Crippen LogP contribution < -0.4 is 14.5 Å². The maximum absolute atomic E-state index is 13.5. The first kappa shape index (κ1) is 21.8. The van der Waals surface area contributed by atoms with E-state index in [2.05, 4.69) is 10.3 Å². The average molecular weight is 442 g/mol. The summed E-state index contributed by atoms with van der Waals surface area (Å²) < 4.78 is 10.3. The smallest absolute Gasteiger partial charge is 0.281 e. The van der Waals surface area contributed by atoms with Gasteiger partial charge in [0.05, 0.1) is 19.9 Å². The predicted molar refractivity (Wildman–Crippen MR) is 123 cm³/mol. The van der Waals surface area contributed by atoms with Gasteiger partial charge in [-0.15, -0.1) is 9.89 Å². The van der Waals surface area contributed by atoms with Crippen molar-refractivity contribution in [3.05, 3.63) is 95.7 Å². The van der Waals surface area contributed by atoms with Crippen molar-refractivity contribution in [3.8, 4) is 22.8 Å². The lowest BCUT2D eigenvalue weighted by molar-refractivity contribution is 0.0846. The van der Waals surface area contributed by atoms with E-state index in [4.69, 9.17) is 9.47 Å². The first-order chi connectivity index (χ1) is 16.0. The summed E-state index contributed by atoms with van der Waals surface area (Å²) >= 11 is 0. The zero-order valence-corrected chi connectivity index (χ0v) is 18.4. The molecule has 0 N–H and O–H groups in total. The molecule has 8 nitrogen and oxygen atoms in total. The van der Waals surface area contributed by atoms with Crippen LogP contribution in [0.25, 0.3) is 11.3 Å². The van der Waals surface area contributed by atoms with Crippen LogP contribution in [0.3, 0.4) is 0 Å². The summed E-state index contributed by atoms with van der Waals surface area (Å²) in [5.41, 5.74) is 2.55. The second-order valence-corrected chi connectivity index (χ2v) is 7.16. The van der Waals surface area contributed by atoms with Crippen LogP contribution in [0.2, 0.25) is 0 Å². The van der Waals surface area contributed by atoms with Gasteiger partial charge in [-0.25, -0.2) is 0 Å². The fourth-order valence-electron chi connectivity index (χ4n) is 3.35. The fraction of sp³-hybridized carbons (Fsp3) is 0.120. The van der Waals surface area contributed by atoms with Crippen molar-refractivity contribution in [1.29, 1.82) is 0 Å². The van der Waals surface area contributed by atoms with Gasteiger partial charge in [-0.05, 0) is 60.7 Å². The number of carbonyl (C=O) groups excluding carboxylic acids is 2. The van der Waals surface area contributed by atoms with E-state index in [1.54, 1.807) is 69.7 Å². The molecule has 0 unspecified atom stereocenters. The Bertz CT molecular complexity index is 1210. The van der Waals surface area contributed by atoms with Gasteiger partial charge in [0.25, 0.3) is 11.8 Å². The van der Waals surface area contributed by atoms with Gasteiger partial charge >= 0.3 is 0 Å². The van der Waals surface area contributed by atoms with Crippen molar-refractivity contribution in [3.63, 3.8) is 0 Å². The van der Waals surface area contributed by atoms with E-state index < -0.39 is 11.8 Å². The summed E-state index contributed by atoms with van der Waals surface area (Å²) in [4.78, 5) is 28.3. The van der Waals surface area contributed by atoms with Crippen molar-refractivity contribution in [2.45, 2.75) is 6.92 Å². The summed E-state index contributed by atoms with van der Waals surface area (Å²) in [5.74, 6) is 0.0999. The molecule has 166 valence electrons. The second kappa shape index (κ2) is 9.35. The fourth-order valence-corrected chi connectivity index (χ4v) is 3.35. The molecule has 0 aliphatic rings. The lowest BCUT2D eigenvalue weighted by Gasteiger charge is -2.21. The first-order valence-electron chi connectivity index (χ1n) is 10.2. The topological polar surface area (TPSA) is 86.5 Å². The van der Waals surface area contributed by atoms with E-state index in [0.29, 0.717) is 34.0 Å². The largest absolute Gasteiger partial charge is 0.497 e. The first-order valence-corrected chi connectivity index (χ1v) is 10.2. The monoisotopic (exact) mass is 442 g/mol. The van der Waals surface area contributed by atoms with Gasteiger partial charge in [0.15, 0.2) is 0 Å². The zero-order valence-electron chi connectivity index (χ0n) is 18.4. The quantitative estimate of drug-likeness (QED) is 0.421. The summed E-state index contributed by atoms with van der Waals surface area (Å²) in [5, 5.41) is 9.38. The number of aromatic nitrogens is 3. The molecule has 2 amide bonds. The molecule has 0 aliphatic heterocycles. The number of hydrogen-bond donors (Lipinski definition) is 0. The van der Waals surface area contributed by atoms with Gasteiger partial charge in [-0.3, -0.25) is 9.59 Å². The van der Waals surface area contributed by atoms with Crippen LogP contribution in [0.1, 0.15) is 26.4 Å². The molecule has 0 aliphatic carbocycles. The minimum absolute atomic E-state index is 0.300. The predicted octanol–water partition coefficient (Wildman–Crippen LogP) is 3.89. The highest BCUT2D eigenvalue weighted by Gasteiger charge is 2.29. The number of carbonyl (C=O) groups is 2. The van der Waals surface area contributed by atoms with Crippen LogP contribution >= 0.6 is 0 Å². The van der Waals surface area contributed by atoms with Crippen LogP contribution in [-0.2, 0) is 0 Å². The number of imide groups is 1. The van der Waals surface area contributed by atoms with Crippen LogP contribution in [0.5, 0.6) is 11.5 Å². The van der Waals surface area contributed by atoms with Crippen LogP contribution in [0, 0.1) is 6.92 Å². The maximum Gasteiger partial charge on any atom is 0.281 e. The third-order valence-corrected chi connectivity index (χ3v) is 5.17. The molecule has 0 spiro atoms. The van der Waals surface area contributed by atoms with Gasteiger partial charge in [-0.2, -0.15) is 5.01 Å². The Kier molecular flexibility index (Phi) is 6.17. The zero-order chi connectivity index (χ0) is 23.4. The van der Waals surface area contributed by atoms with E-state index in [9.17, 15) is 9.59 Å². The van der Waals surface area contributed by atoms with Gasteiger partial charge in [0.1, 0.15) is 17.2 Å². The highest BCUT2D eigenvalue weighted by Crippen LogP contribution is 2.22. The molecule has 0 radical (unpaired) electrons. The highest BCUT2D eigenvalue weighted by atomic mass is 16.5. The number of benzene rings is 3. The normalized spacial score (nSPS) is 10.5. The number of ether oxygens (including phenoxy) is 2. The van der Waals surface area contributed by atoms with E-state index >= 15 is 0 Å². The number of hydrogen-bond acceptors (Lipinski definition) is 6. The molecule has 0 saturated heterocycles. The number of methoxy groups -OCH3 is 2. The summed E-state index contributed by atoms with van der Waals surface area (Å²) in [7, 11) is 3.08. The molecule has 0 saturated carbocycles. The molecule has 1 aromatic heterocycles. The third-order valence-electron chi connectivity index (χ3n) is 5.17. The molecule has 8 heteroatoms. The van der Waals surface area contributed by atoms with Gasteiger partial charge in [0, 0.05) is 16.7 Å². The van der Waals surface area contributed by atoms with Crippen LogP contribution in [0.15, 0.2) is 78.9 Å². The van der Waals surface area contributed by atoms with Crippen molar-refractivity contribution in [1.82, 2.24) is 15.1 Å². The minimum atomic E-state index is -0.550. The Morgan fingerprint density at radius 2 is 1.24 bits per heavy atom. The summed E-state index contributed by atoms with van der Waals surface area (Å²) in [6.07, 6.45) is 0. The Balaban J connectivity index is 1.79. The molecule has 0 bridgehead atoms.